The first-order valence-electron chi connectivity index (χ1n) is 6.31. The van der Waals surface area contributed by atoms with Crippen molar-refractivity contribution < 1.29 is 14.3 Å². The quantitative estimate of drug-likeness (QED) is 0.848. The number of carbonyl (C=O) groups is 2. The van der Waals surface area contributed by atoms with E-state index in [9.17, 15) is 9.59 Å². The van der Waals surface area contributed by atoms with Gasteiger partial charge in [-0.2, -0.15) is 0 Å². The van der Waals surface area contributed by atoms with Gasteiger partial charge in [-0.3, -0.25) is 9.78 Å². The number of rotatable bonds is 3. The van der Waals surface area contributed by atoms with E-state index in [4.69, 9.17) is 4.74 Å². The molecule has 2 amide bonds. The number of pyridine rings is 1. The van der Waals surface area contributed by atoms with E-state index in [1.807, 2.05) is 0 Å². The van der Waals surface area contributed by atoms with Crippen molar-refractivity contribution in [3.05, 3.63) is 24.5 Å². The molecule has 0 aliphatic heterocycles. The summed E-state index contributed by atoms with van der Waals surface area (Å²) in [6.07, 6.45) is 2.70. The smallest absolute Gasteiger partial charge is 0.410 e. The molecule has 0 atom stereocenters. The lowest BCUT2D eigenvalue weighted by molar-refractivity contribution is -0.119. The highest BCUT2D eigenvalue weighted by molar-refractivity contribution is 5.95. The molecule has 0 fully saturated rings. The molecule has 0 aliphatic carbocycles. The summed E-state index contributed by atoms with van der Waals surface area (Å²) >= 11 is 0. The fourth-order valence-corrected chi connectivity index (χ4v) is 1.41. The Kier molecular flexibility index (Phi) is 5.07. The standard InChI is InChI=1S/C14H21N3O3/c1-14(2,3)20-13(19)16(4)10-12(18)17(5)11-7-6-8-15-9-11/h6-9H,10H2,1-5H3. The highest BCUT2D eigenvalue weighted by Crippen LogP contribution is 2.11. The van der Waals surface area contributed by atoms with Crippen molar-refractivity contribution in [1.29, 1.82) is 0 Å². The second-order valence-electron chi connectivity index (χ2n) is 5.50. The average Bonchev–Trinajstić information content (AvgIpc) is 2.36. The SMILES string of the molecule is CN(CC(=O)N(C)c1cccnc1)C(=O)OC(C)(C)C. The number of carbonyl (C=O) groups excluding carboxylic acids is 2. The van der Waals surface area contributed by atoms with E-state index in [1.54, 1.807) is 52.3 Å². The van der Waals surface area contributed by atoms with Crippen LogP contribution < -0.4 is 4.90 Å². The Bertz CT molecular complexity index is 468. The van der Waals surface area contributed by atoms with Gasteiger partial charge < -0.3 is 14.5 Å². The van der Waals surface area contributed by atoms with Crippen LogP contribution in [0.4, 0.5) is 10.5 Å². The zero-order chi connectivity index (χ0) is 15.3. The van der Waals surface area contributed by atoms with Gasteiger partial charge in [-0.25, -0.2) is 4.79 Å². The molecule has 1 aromatic heterocycles. The highest BCUT2D eigenvalue weighted by atomic mass is 16.6. The van der Waals surface area contributed by atoms with E-state index in [1.165, 1.54) is 16.8 Å². The molecular formula is C14H21N3O3. The van der Waals surface area contributed by atoms with Crippen molar-refractivity contribution in [2.45, 2.75) is 26.4 Å². The van der Waals surface area contributed by atoms with Gasteiger partial charge in [-0.05, 0) is 32.9 Å². The van der Waals surface area contributed by atoms with Crippen LogP contribution in [0.15, 0.2) is 24.5 Å². The van der Waals surface area contributed by atoms with Crippen molar-refractivity contribution in [2.24, 2.45) is 0 Å². The lowest BCUT2D eigenvalue weighted by Crippen LogP contribution is -2.41. The van der Waals surface area contributed by atoms with Crippen LogP contribution in [0.25, 0.3) is 0 Å². The third-order valence-corrected chi connectivity index (χ3v) is 2.48. The largest absolute Gasteiger partial charge is 0.444 e. The van der Waals surface area contributed by atoms with Crippen molar-refractivity contribution in [3.63, 3.8) is 0 Å². The summed E-state index contributed by atoms with van der Waals surface area (Å²) in [5.74, 6) is -0.216. The average molecular weight is 279 g/mol. The highest BCUT2D eigenvalue weighted by Gasteiger charge is 2.22. The first kappa shape index (κ1) is 15.9. The molecular weight excluding hydrogens is 258 g/mol. The molecule has 0 aromatic carbocycles. The fraction of sp³-hybridized carbons (Fsp3) is 0.500. The molecule has 0 N–H and O–H groups in total. The first-order chi connectivity index (χ1) is 9.20. The summed E-state index contributed by atoms with van der Waals surface area (Å²) in [6, 6.07) is 3.52. The second kappa shape index (κ2) is 6.36. The van der Waals surface area contributed by atoms with Crippen LogP contribution in [0, 0.1) is 0 Å². The Morgan fingerprint density at radius 2 is 1.95 bits per heavy atom. The van der Waals surface area contributed by atoms with Crippen molar-refractivity contribution in [1.82, 2.24) is 9.88 Å². The maximum Gasteiger partial charge on any atom is 0.410 e. The number of ether oxygens (including phenoxy) is 1. The van der Waals surface area contributed by atoms with E-state index in [0.29, 0.717) is 5.69 Å². The summed E-state index contributed by atoms with van der Waals surface area (Å²) in [6.45, 7) is 5.29. The molecule has 6 nitrogen and oxygen atoms in total. The topological polar surface area (TPSA) is 62.7 Å². The summed E-state index contributed by atoms with van der Waals surface area (Å²) in [5, 5.41) is 0. The summed E-state index contributed by atoms with van der Waals surface area (Å²) in [4.78, 5) is 30.5. The minimum Gasteiger partial charge on any atom is -0.444 e. The predicted octanol–water partition coefficient (Wildman–Crippen LogP) is 1.91. The molecule has 0 saturated heterocycles. The zero-order valence-electron chi connectivity index (χ0n) is 12.6. The van der Waals surface area contributed by atoms with Gasteiger partial charge in [0.1, 0.15) is 12.1 Å². The molecule has 1 aromatic rings. The third-order valence-electron chi connectivity index (χ3n) is 2.48. The Balaban J connectivity index is 2.60. The second-order valence-corrected chi connectivity index (χ2v) is 5.50. The number of nitrogens with zero attached hydrogens (tertiary/aromatic N) is 3. The normalized spacial score (nSPS) is 10.8. The number of hydrogen-bond donors (Lipinski definition) is 0. The molecule has 6 heteroatoms. The third kappa shape index (κ3) is 4.87. The van der Waals surface area contributed by atoms with Crippen LogP contribution in [-0.4, -0.2) is 48.1 Å². The van der Waals surface area contributed by atoms with Gasteiger partial charge in [0, 0.05) is 20.3 Å². The number of amides is 2. The van der Waals surface area contributed by atoms with Crippen molar-refractivity contribution in [3.8, 4) is 0 Å². The van der Waals surface area contributed by atoms with Crippen LogP contribution in [0.2, 0.25) is 0 Å². The lowest BCUT2D eigenvalue weighted by Gasteiger charge is -2.25. The molecule has 0 spiro atoms. The Hall–Kier alpha value is -2.11. The van der Waals surface area contributed by atoms with Gasteiger partial charge in [0.2, 0.25) is 5.91 Å². The van der Waals surface area contributed by atoms with Gasteiger partial charge in [0.15, 0.2) is 0 Å². The zero-order valence-corrected chi connectivity index (χ0v) is 12.6. The minimum absolute atomic E-state index is 0.0553. The molecule has 0 unspecified atom stereocenters. The molecule has 0 bridgehead atoms. The number of anilines is 1. The summed E-state index contributed by atoms with van der Waals surface area (Å²) in [7, 11) is 3.17. The van der Waals surface area contributed by atoms with E-state index in [0.717, 1.165) is 0 Å². The van der Waals surface area contributed by atoms with Gasteiger partial charge in [-0.1, -0.05) is 0 Å². The van der Waals surface area contributed by atoms with Gasteiger partial charge in [-0.15, -0.1) is 0 Å². The maximum atomic E-state index is 12.1. The van der Waals surface area contributed by atoms with Crippen LogP contribution in [0.1, 0.15) is 20.8 Å². The molecule has 0 saturated carbocycles. The molecule has 1 rings (SSSR count). The number of aromatic nitrogens is 1. The first-order valence-corrected chi connectivity index (χ1v) is 6.31. The van der Waals surface area contributed by atoms with Crippen LogP contribution in [0.5, 0.6) is 0 Å². The van der Waals surface area contributed by atoms with Crippen LogP contribution in [0.3, 0.4) is 0 Å². The van der Waals surface area contributed by atoms with E-state index >= 15 is 0 Å². The van der Waals surface area contributed by atoms with E-state index < -0.39 is 11.7 Å². The summed E-state index contributed by atoms with van der Waals surface area (Å²) in [5.41, 5.74) is 0.0963. The molecule has 110 valence electrons. The van der Waals surface area contributed by atoms with Crippen molar-refractivity contribution in [2.75, 3.05) is 25.5 Å². The molecule has 0 radical (unpaired) electrons. The van der Waals surface area contributed by atoms with Gasteiger partial charge in [0.25, 0.3) is 0 Å². The molecule has 1 heterocycles. The molecule has 20 heavy (non-hydrogen) atoms. The van der Waals surface area contributed by atoms with Gasteiger partial charge in [0.05, 0.1) is 11.9 Å². The van der Waals surface area contributed by atoms with Crippen LogP contribution in [-0.2, 0) is 9.53 Å². The predicted molar refractivity (Wildman–Crippen MR) is 76.5 cm³/mol. The molecule has 0 aliphatic rings. The Morgan fingerprint density at radius 3 is 2.45 bits per heavy atom. The van der Waals surface area contributed by atoms with Crippen molar-refractivity contribution >= 4 is 17.7 Å². The Labute approximate surface area is 119 Å². The fourth-order valence-electron chi connectivity index (χ4n) is 1.41. The van der Waals surface area contributed by atoms with Crippen LogP contribution >= 0.6 is 0 Å². The van der Waals surface area contributed by atoms with Gasteiger partial charge >= 0.3 is 6.09 Å². The van der Waals surface area contributed by atoms with E-state index in [-0.39, 0.29) is 12.5 Å². The minimum atomic E-state index is -0.580. The monoisotopic (exact) mass is 279 g/mol. The maximum absolute atomic E-state index is 12.1. The summed E-state index contributed by atoms with van der Waals surface area (Å²) < 4.78 is 5.19. The van der Waals surface area contributed by atoms with E-state index in [2.05, 4.69) is 4.98 Å². The number of hydrogen-bond acceptors (Lipinski definition) is 4. The number of likely N-dealkylation sites (N-methyl/N-ethyl adjacent to an activating group) is 2. The Morgan fingerprint density at radius 1 is 1.30 bits per heavy atom. The lowest BCUT2D eigenvalue weighted by atomic mass is 10.2.